The van der Waals surface area contributed by atoms with Crippen molar-refractivity contribution in [1.82, 2.24) is 0 Å². The van der Waals surface area contributed by atoms with Crippen molar-refractivity contribution in [3.8, 4) is 17.2 Å². The third-order valence-corrected chi connectivity index (χ3v) is 9.30. The van der Waals surface area contributed by atoms with E-state index < -0.39 is 64.1 Å². The van der Waals surface area contributed by atoms with E-state index in [9.17, 15) is 47.9 Å². The Hall–Kier alpha value is -4.44. The molecule has 0 aliphatic heterocycles. The van der Waals surface area contributed by atoms with Crippen molar-refractivity contribution in [1.29, 1.82) is 0 Å². The van der Waals surface area contributed by atoms with E-state index in [1.807, 2.05) is 0 Å². The molecule has 4 aromatic carbocycles. The Kier molecular flexibility index (Phi) is 12.1. The molecule has 0 saturated carbocycles. The summed E-state index contributed by atoms with van der Waals surface area (Å²) in [6.07, 6.45) is -15.4. The first-order valence-electron chi connectivity index (χ1n) is 15.7. The number of alkyl halides is 9. The highest BCUT2D eigenvalue weighted by Crippen LogP contribution is 2.39. The van der Waals surface area contributed by atoms with Crippen LogP contribution in [0.25, 0.3) is 0 Å². The van der Waals surface area contributed by atoms with Crippen molar-refractivity contribution < 1.29 is 62.1 Å². The highest BCUT2D eigenvalue weighted by molar-refractivity contribution is 7.89. The molecule has 0 spiro atoms. The Balaban J connectivity index is 1.85. The molecule has 0 radical (unpaired) electrons. The molecule has 3 atom stereocenters. The average Bonchev–Trinajstić information content (AvgIpc) is 2.98. The lowest BCUT2D eigenvalue weighted by Crippen LogP contribution is -2.21. The van der Waals surface area contributed by atoms with E-state index in [0.717, 1.165) is 18.2 Å². The van der Waals surface area contributed by atoms with E-state index in [-0.39, 0.29) is 52.0 Å². The second-order valence-electron chi connectivity index (χ2n) is 12.4. The maximum absolute atomic E-state index is 13.3. The standard InChI is InChI=1S/C36H34F9NO5S/c1-21(27-10-4-7-13-30(27)49-34(37,38)39)16-24-19-25(17-22(2)28-11-5-8-14-31(28)50-35(40,41)42)33(52(46,47)48)26(20-24)18-23(3)29-12-6-9-15-32(29)51-36(43,44)45/h4-15,19-23H,16-18H2,1-3H3,(H2,46,47,48). The Morgan fingerprint density at radius 2 is 0.827 bits per heavy atom. The van der Waals surface area contributed by atoms with Crippen LogP contribution in [0.1, 0.15) is 71.9 Å². The summed E-state index contributed by atoms with van der Waals surface area (Å²) in [7, 11) is -4.59. The topological polar surface area (TPSA) is 87.9 Å². The molecule has 0 bridgehead atoms. The highest BCUT2D eigenvalue weighted by Gasteiger charge is 2.35. The molecule has 0 heterocycles. The minimum absolute atomic E-state index is 0.0213. The van der Waals surface area contributed by atoms with Crippen molar-refractivity contribution in [2.45, 2.75) is 81.8 Å². The SMILES string of the molecule is CC(Cc1cc(CC(C)c2ccccc2OC(F)(F)F)c(S(N)(=O)=O)c(CC(C)c2ccccc2OC(F)(F)F)c1)c1ccccc1OC(F)(F)F. The summed E-state index contributed by atoms with van der Waals surface area (Å²) in [5.41, 5.74) is 0.907. The van der Waals surface area contributed by atoms with Gasteiger partial charge >= 0.3 is 19.1 Å². The van der Waals surface area contributed by atoms with E-state index in [2.05, 4.69) is 14.2 Å². The van der Waals surface area contributed by atoms with Gasteiger partial charge in [0.1, 0.15) is 17.2 Å². The van der Waals surface area contributed by atoms with Crippen molar-refractivity contribution in [2.75, 3.05) is 0 Å². The number of primary sulfonamides is 1. The Morgan fingerprint density at radius 1 is 0.538 bits per heavy atom. The molecule has 0 amide bonds. The van der Waals surface area contributed by atoms with E-state index in [1.54, 1.807) is 20.8 Å². The van der Waals surface area contributed by atoms with E-state index >= 15 is 0 Å². The molecule has 282 valence electrons. The van der Waals surface area contributed by atoms with Gasteiger partial charge in [-0.1, -0.05) is 87.5 Å². The first-order valence-corrected chi connectivity index (χ1v) is 17.3. The summed E-state index contributed by atoms with van der Waals surface area (Å²) < 4.78 is 158. The predicted octanol–water partition coefficient (Wildman–Crippen LogP) is 10.1. The van der Waals surface area contributed by atoms with Gasteiger partial charge in [0.15, 0.2) is 0 Å². The largest absolute Gasteiger partial charge is 0.573 e. The molecule has 0 aromatic heterocycles. The van der Waals surface area contributed by atoms with E-state index in [4.69, 9.17) is 5.14 Å². The minimum atomic E-state index is -5.03. The number of para-hydroxylation sites is 3. The van der Waals surface area contributed by atoms with Crippen LogP contribution >= 0.6 is 0 Å². The van der Waals surface area contributed by atoms with Crippen molar-refractivity contribution in [2.24, 2.45) is 5.14 Å². The van der Waals surface area contributed by atoms with Crippen LogP contribution in [-0.2, 0) is 29.3 Å². The fourth-order valence-electron chi connectivity index (χ4n) is 6.27. The number of hydrogen-bond donors (Lipinski definition) is 1. The van der Waals surface area contributed by atoms with Gasteiger partial charge in [0.2, 0.25) is 10.0 Å². The number of rotatable bonds is 13. The number of halogens is 9. The summed E-state index contributed by atoms with van der Waals surface area (Å²) in [5.74, 6) is -3.75. The first kappa shape index (κ1) is 40.3. The van der Waals surface area contributed by atoms with Gasteiger partial charge in [0, 0.05) is 0 Å². The van der Waals surface area contributed by atoms with E-state index in [0.29, 0.717) is 5.56 Å². The fourth-order valence-corrected chi connectivity index (χ4v) is 7.29. The average molecular weight is 764 g/mol. The zero-order valence-electron chi connectivity index (χ0n) is 27.9. The molecule has 0 saturated heterocycles. The zero-order chi connectivity index (χ0) is 38.6. The maximum Gasteiger partial charge on any atom is 0.573 e. The van der Waals surface area contributed by atoms with Crippen LogP contribution in [0.2, 0.25) is 0 Å². The van der Waals surface area contributed by atoms with Gasteiger partial charge in [0.05, 0.1) is 4.90 Å². The lowest BCUT2D eigenvalue weighted by molar-refractivity contribution is -0.276. The molecule has 0 aliphatic rings. The van der Waals surface area contributed by atoms with Crippen LogP contribution in [0, 0.1) is 0 Å². The van der Waals surface area contributed by atoms with Crippen LogP contribution in [0.5, 0.6) is 17.2 Å². The van der Waals surface area contributed by atoms with Gasteiger partial charge < -0.3 is 14.2 Å². The first-order chi connectivity index (χ1) is 24.0. The number of ether oxygens (including phenoxy) is 3. The van der Waals surface area contributed by atoms with Crippen molar-refractivity contribution in [3.05, 3.63) is 118 Å². The minimum Gasteiger partial charge on any atom is -0.405 e. The molecule has 4 rings (SSSR count). The van der Waals surface area contributed by atoms with Crippen LogP contribution < -0.4 is 19.3 Å². The van der Waals surface area contributed by atoms with Crippen LogP contribution in [0.4, 0.5) is 39.5 Å². The second-order valence-corrected chi connectivity index (χ2v) is 13.9. The summed E-state index contributed by atoms with van der Waals surface area (Å²) >= 11 is 0. The highest BCUT2D eigenvalue weighted by atomic mass is 32.2. The normalized spacial score (nSPS) is 14.4. The lowest BCUT2D eigenvalue weighted by Gasteiger charge is -2.24. The smallest absolute Gasteiger partial charge is 0.405 e. The summed E-state index contributed by atoms with van der Waals surface area (Å²) in [6.45, 7) is 4.70. The molecule has 0 aliphatic carbocycles. The Morgan fingerprint density at radius 3 is 1.12 bits per heavy atom. The third kappa shape index (κ3) is 11.3. The van der Waals surface area contributed by atoms with E-state index in [1.165, 1.54) is 66.7 Å². The molecule has 52 heavy (non-hydrogen) atoms. The fraction of sp³-hybridized carbons (Fsp3) is 0.333. The van der Waals surface area contributed by atoms with Gasteiger partial charge in [-0.05, 0) is 88.6 Å². The number of sulfonamides is 1. The molecular weight excluding hydrogens is 729 g/mol. The molecule has 16 heteroatoms. The van der Waals surface area contributed by atoms with Crippen molar-refractivity contribution in [3.63, 3.8) is 0 Å². The van der Waals surface area contributed by atoms with Crippen LogP contribution in [0.15, 0.2) is 89.8 Å². The van der Waals surface area contributed by atoms with Crippen LogP contribution in [-0.4, -0.2) is 27.5 Å². The van der Waals surface area contributed by atoms with Gasteiger partial charge in [0.25, 0.3) is 0 Å². The quantitative estimate of drug-likeness (QED) is 0.137. The predicted molar refractivity (Wildman–Crippen MR) is 174 cm³/mol. The Labute approximate surface area is 294 Å². The number of hydrogen-bond acceptors (Lipinski definition) is 5. The lowest BCUT2D eigenvalue weighted by atomic mass is 9.86. The molecule has 2 N–H and O–H groups in total. The molecular formula is C36H34F9NO5S. The molecule has 0 fully saturated rings. The maximum atomic E-state index is 13.3. The summed E-state index contributed by atoms with van der Waals surface area (Å²) in [4.78, 5) is -0.383. The number of nitrogens with two attached hydrogens (primary N) is 1. The summed E-state index contributed by atoms with van der Waals surface area (Å²) in [6, 6.07) is 18.9. The molecule has 6 nitrogen and oxygen atoms in total. The summed E-state index contributed by atoms with van der Waals surface area (Å²) in [5, 5.41) is 5.74. The van der Waals surface area contributed by atoms with Crippen LogP contribution in [0.3, 0.4) is 0 Å². The number of benzene rings is 4. The van der Waals surface area contributed by atoms with Gasteiger partial charge in [-0.15, -0.1) is 39.5 Å². The van der Waals surface area contributed by atoms with Gasteiger partial charge in [-0.25, -0.2) is 13.6 Å². The van der Waals surface area contributed by atoms with Crippen molar-refractivity contribution >= 4 is 10.0 Å². The van der Waals surface area contributed by atoms with Gasteiger partial charge in [-0.2, -0.15) is 0 Å². The monoisotopic (exact) mass is 763 g/mol. The second kappa shape index (κ2) is 15.7. The molecule has 4 aromatic rings. The zero-order valence-corrected chi connectivity index (χ0v) is 28.7. The third-order valence-electron chi connectivity index (χ3n) is 8.21. The Bertz CT molecular complexity index is 1870. The van der Waals surface area contributed by atoms with Gasteiger partial charge in [-0.3, -0.25) is 0 Å². The molecule has 3 unspecified atom stereocenters.